The number of hydrogen-bond acceptors (Lipinski definition) is 3. The van der Waals surface area contributed by atoms with Gasteiger partial charge in [-0.2, -0.15) is 0 Å². The SMILES string of the molecule is CCN(C(=O)CNc1cccc(NC(C)=O)c1C)c1ccccc1. The maximum Gasteiger partial charge on any atom is 0.246 e. The van der Waals surface area contributed by atoms with E-state index < -0.39 is 0 Å². The Morgan fingerprint density at radius 2 is 1.67 bits per heavy atom. The van der Waals surface area contributed by atoms with E-state index in [2.05, 4.69) is 10.6 Å². The molecule has 2 aromatic rings. The molecule has 0 saturated carbocycles. The summed E-state index contributed by atoms with van der Waals surface area (Å²) >= 11 is 0. The highest BCUT2D eigenvalue weighted by molar-refractivity contribution is 5.96. The van der Waals surface area contributed by atoms with Crippen molar-refractivity contribution >= 4 is 28.9 Å². The Morgan fingerprint density at radius 1 is 1.00 bits per heavy atom. The van der Waals surface area contributed by atoms with Crippen LogP contribution in [0.15, 0.2) is 48.5 Å². The van der Waals surface area contributed by atoms with E-state index in [9.17, 15) is 9.59 Å². The molecular weight excluding hydrogens is 302 g/mol. The minimum absolute atomic E-state index is 0.00645. The molecule has 0 aliphatic carbocycles. The first-order valence-electron chi connectivity index (χ1n) is 7.99. The number of amides is 2. The first-order valence-corrected chi connectivity index (χ1v) is 7.99. The lowest BCUT2D eigenvalue weighted by Crippen LogP contribution is -2.35. The number of anilines is 3. The maximum absolute atomic E-state index is 12.5. The zero-order chi connectivity index (χ0) is 17.5. The third-order valence-corrected chi connectivity index (χ3v) is 3.76. The van der Waals surface area contributed by atoms with E-state index >= 15 is 0 Å². The number of benzene rings is 2. The summed E-state index contributed by atoms with van der Waals surface area (Å²) in [5.41, 5.74) is 3.37. The Bertz CT molecular complexity index is 714. The second-order valence-corrected chi connectivity index (χ2v) is 5.49. The molecule has 0 bridgehead atoms. The van der Waals surface area contributed by atoms with Gasteiger partial charge in [0.05, 0.1) is 6.54 Å². The van der Waals surface area contributed by atoms with Gasteiger partial charge in [-0.1, -0.05) is 24.3 Å². The zero-order valence-electron chi connectivity index (χ0n) is 14.3. The Kier molecular flexibility index (Phi) is 5.95. The predicted molar refractivity (Wildman–Crippen MR) is 98.4 cm³/mol. The Balaban J connectivity index is 2.07. The molecular formula is C19H23N3O2. The van der Waals surface area contributed by atoms with Gasteiger partial charge >= 0.3 is 0 Å². The van der Waals surface area contributed by atoms with Crippen LogP contribution >= 0.6 is 0 Å². The van der Waals surface area contributed by atoms with Crippen LogP contribution < -0.4 is 15.5 Å². The van der Waals surface area contributed by atoms with Gasteiger partial charge in [0.1, 0.15) is 0 Å². The standard InChI is InChI=1S/C19H23N3O2/c1-4-22(16-9-6-5-7-10-16)19(24)13-20-17-11-8-12-18(14(17)2)21-15(3)23/h5-12,20H,4,13H2,1-3H3,(H,21,23). The smallest absolute Gasteiger partial charge is 0.246 e. The highest BCUT2D eigenvalue weighted by atomic mass is 16.2. The quantitative estimate of drug-likeness (QED) is 0.855. The van der Waals surface area contributed by atoms with Crippen LogP contribution in [0.1, 0.15) is 19.4 Å². The number of hydrogen-bond donors (Lipinski definition) is 2. The van der Waals surface area contributed by atoms with Gasteiger partial charge in [0, 0.05) is 30.5 Å². The number of carbonyl (C=O) groups excluding carboxylic acids is 2. The number of likely N-dealkylation sites (N-methyl/N-ethyl adjacent to an activating group) is 1. The highest BCUT2D eigenvalue weighted by Crippen LogP contribution is 2.23. The summed E-state index contributed by atoms with van der Waals surface area (Å²) in [6, 6.07) is 15.2. The van der Waals surface area contributed by atoms with E-state index in [1.54, 1.807) is 4.90 Å². The average Bonchev–Trinajstić information content (AvgIpc) is 2.57. The third kappa shape index (κ3) is 4.35. The van der Waals surface area contributed by atoms with Gasteiger partial charge in [-0.05, 0) is 43.7 Å². The topological polar surface area (TPSA) is 61.4 Å². The highest BCUT2D eigenvalue weighted by Gasteiger charge is 2.14. The normalized spacial score (nSPS) is 10.1. The lowest BCUT2D eigenvalue weighted by molar-refractivity contribution is -0.117. The monoisotopic (exact) mass is 325 g/mol. The van der Waals surface area contributed by atoms with Crippen LogP contribution in [0.25, 0.3) is 0 Å². The van der Waals surface area contributed by atoms with E-state index in [1.807, 2.05) is 62.4 Å². The van der Waals surface area contributed by atoms with Crippen LogP contribution in [0.2, 0.25) is 0 Å². The second kappa shape index (κ2) is 8.15. The molecule has 0 aliphatic rings. The van der Waals surface area contributed by atoms with Gasteiger partial charge in [-0.15, -0.1) is 0 Å². The first-order chi connectivity index (χ1) is 11.5. The van der Waals surface area contributed by atoms with Crippen molar-refractivity contribution in [3.63, 3.8) is 0 Å². The van der Waals surface area contributed by atoms with Crippen LogP contribution in [0.5, 0.6) is 0 Å². The summed E-state index contributed by atoms with van der Waals surface area (Å²) in [6.45, 7) is 6.13. The van der Waals surface area contributed by atoms with Crippen LogP contribution in [0, 0.1) is 6.92 Å². The molecule has 5 nitrogen and oxygen atoms in total. The van der Waals surface area contributed by atoms with Crippen LogP contribution in [0.3, 0.4) is 0 Å². The molecule has 126 valence electrons. The average molecular weight is 325 g/mol. The van der Waals surface area contributed by atoms with E-state index in [-0.39, 0.29) is 18.4 Å². The summed E-state index contributed by atoms with van der Waals surface area (Å²) in [4.78, 5) is 25.5. The summed E-state index contributed by atoms with van der Waals surface area (Å²) in [5, 5.41) is 5.96. The van der Waals surface area contributed by atoms with Crippen molar-refractivity contribution in [1.29, 1.82) is 0 Å². The molecule has 0 saturated heterocycles. The minimum atomic E-state index is -0.118. The third-order valence-electron chi connectivity index (χ3n) is 3.76. The molecule has 0 fully saturated rings. The molecule has 5 heteroatoms. The molecule has 2 aromatic carbocycles. The lowest BCUT2D eigenvalue weighted by atomic mass is 10.1. The summed E-state index contributed by atoms with van der Waals surface area (Å²) in [7, 11) is 0. The zero-order valence-corrected chi connectivity index (χ0v) is 14.3. The van der Waals surface area contributed by atoms with E-state index in [0.717, 1.165) is 22.6 Å². The molecule has 0 aliphatic heterocycles. The molecule has 0 heterocycles. The van der Waals surface area contributed by atoms with Gasteiger partial charge in [0.2, 0.25) is 11.8 Å². The fraction of sp³-hybridized carbons (Fsp3) is 0.263. The molecule has 0 atom stereocenters. The van der Waals surface area contributed by atoms with Crippen molar-refractivity contribution in [2.75, 3.05) is 28.6 Å². The molecule has 0 aromatic heterocycles. The first kappa shape index (κ1) is 17.5. The van der Waals surface area contributed by atoms with Crippen molar-refractivity contribution in [3.05, 3.63) is 54.1 Å². The molecule has 0 unspecified atom stereocenters. The lowest BCUT2D eigenvalue weighted by Gasteiger charge is -2.22. The van der Waals surface area contributed by atoms with E-state index in [4.69, 9.17) is 0 Å². The van der Waals surface area contributed by atoms with Gasteiger partial charge in [0.15, 0.2) is 0 Å². The van der Waals surface area contributed by atoms with Gasteiger partial charge < -0.3 is 15.5 Å². The second-order valence-electron chi connectivity index (χ2n) is 5.49. The van der Waals surface area contributed by atoms with Gasteiger partial charge in [-0.3, -0.25) is 9.59 Å². The van der Waals surface area contributed by atoms with Crippen molar-refractivity contribution in [2.24, 2.45) is 0 Å². The molecule has 24 heavy (non-hydrogen) atoms. The van der Waals surface area contributed by atoms with Gasteiger partial charge in [0.25, 0.3) is 0 Å². The van der Waals surface area contributed by atoms with Crippen LogP contribution in [-0.2, 0) is 9.59 Å². The molecule has 2 N–H and O–H groups in total. The Morgan fingerprint density at radius 3 is 2.29 bits per heavy atom. The fourth-order valence-corrected chi connectivity index (χ4v) is 2.53. The number of para-hydroxylation sites is 1. The molecule has 2 rings (SSSR count). The largest absolute Gasteiger partial charge is 0.376 e. The summed E-state index contributed by atoms with van der Waals surface area (Å²) in [6.07, 6.45) is 0. The van der Waals surface area contributed by atoms with E-state index in [1.165, 1.54) is 6.92 Å². The van der Waals surface area contributed by atoms with E-state index in [0.29, 0.717) is 6.54 Å². The van der Waals surface area contributed by atoms with Crippen molar-refractivity contribution in [2.45, 2.75) is 20.8 Å². The Hall–Kier alpha value is -2.82. The Labute approximate surface area is 142 Å². The molecule has 2 amide bonds. The fourth-order valence-electron chi connectivity index (χ4n) is 2.53. The number of carbonyl (C=O) groups is 2. The van der Waals surface area contributed by atoms with Crippen molar-refractivity contribution in [3.8, 4) is 0 Å². The molecule has 0 spiro atoms. The summed E-state index contributed by atoms with van der Waals surface area (Å²) in [5.74, 6) is -0.124. The maximum atomic E-state index is 12.5. The van der Waals surface area contributed by atoms with Crippen molar-refractivity contribution < 1.29 is 9.59 Å². The predicted octanol–water partition coefficient (Wildman–Crippen LogP) is 3.42. The molecule has 0 radical (unpaired) electrons. The van der Waals surface area contributed by atoms with Gasteiger partial charge in [-0.25, -0.2) is 0 Å². The summed E-state index contributed by atoms with van der Waals surface area (Å²) < 4.78 is 0. The number of nitrogens with zero attached hydrogens (tertiary/aromatic N) is 1. The minimum Gasteiger partial charge on any atom is -0.376 e. The van der Waals surface area contributed by atoms with Crippen LogP contribution in [-0.4, -0.2) is 24.9 Å². The van der Waals surface area contributed by atoms with Crippen LogP contribution in [0.4, 0.5) is 17.1 Å². The number of nitrogens with one attached hydrogen (secondary N) is 2. The number of rotatable bonds is 6. The van der Waals surface area contributed by atoms with Crippen molar-refractivity contribution in [1.82, 2.24) is 0 Å².